The molecule has 0 saturated heterocycles. The van der Waals surface area contributed by atoms with Gasteiger partial charge in [-0.1, -0.05) is 30.3 Å². The van der Waals surface area contributed by atoms with E-state index in [0.717, 1.165) is 18.4 Å². The third-order valence-electron chi connectivity index (χ3n) is 3.79. The van der Waals surface area contributed by atoms with Gasteiger partial charge in [-0.3, -0.25) is 4.68 Å². The van der Waals surface area contributed by atoms with E-state index in [2.05, 4.69) is 22.5 Å². The molecule has 1 N–H and O–H groups in total. The fourth-order valence-corrected chi connectivity index (χ4v) is 2.49. The van der Waals surface area contributed by atoms with Crippen molar-refractivity contribution in [2.75, 3.05) is 26.8 Å². The molecule has 0 radical (unpaired) electrons. The summed E-state index contributed by atoms with van der Waals surface area (Å²) in [5, 5.41) is 7.05. The third kappa shape index (κ3) is 6.04. The Morgan fingerprint density at radius 2 is 2.04 bits per heavy atom. The molecule has 0 saturated carbocycles. The second kappa shape index (κ2) is 9.72. The number of carbonyl (C=O) groups is 1. The van der Waals surface area contributed by atoms with Gasteiger partial charge in [-0.15, -0.1) is 0 Å². The van der Waals surface area contributed by atoms with E-state index < -0.39 is 0 Å². The Morgan fingerprint density at radius 3 is 2.71 bits per heavy atom. The molecule has 0 aliphatic heterocycles. The molecule has 0 aliphatic carbocycles. The molecule has 6 nitrogen and oxygen atoms in total. The highest BCUT2D eigenvalue weighted by Crippen LogP contribution is 2.04. The van der Waals surface area contributed by atoms with E-state index in [1.54, 1.807) is 18.0 Å². The van der Waals surface area contributed by atoms with Gasteiger partial charge in [-0.25, -0.2) is 4.79 Å². The Hall–Kier alpha value is -2.34. The summed E-state index contributed by atoms with van der Waals surface area (Å²) in [6.07, 6.45) is 5.54. The standard InChI is InChI=1S/C18H26N4O2/c1-21-15-17(14-20-21)13-19-18(23)22(11-12-24-2)10-6-9-16-7-4-3-5-8-16/h3-5,7-8,14-15H,6,9-13H2,1-2H3,(H,19,23). The van der Waals surface area contributed by atoms with Crippen LogP contribution >= 0.6 is 0 Å². The summed E-state index contributed by atoms with van der Waals surface area (Å²) in [4.78, 5) is 14.2. The molecule has 2 amide bonds. The molecule has 1 aromatic heterocycles. The van der Waals surface area contributed by atoms with Gasteiger partial charge in [0.1, 0.15) is 0 Å². The van der Waals surface area contributed by atoms with Crippen molar-refractivity contribution in [3.63, 3.8) is 0 Å². The molecule has 2 rings (SSSR count). The quantitative estimate of drug-likeness (QED) is 0.767. The number of rotatable bonds is 9. The van der Waals surface area contributed by atoms with Gasteiger partial charge in [0.2, 0.25) is 0 Å². The molecule has 0 atom stereocenters. The summed E-state index contributed by atoms with van der Waals surface area (Å²) < 4.78 is 6.84. The van der Waals surface area contributed by atoms with E-state index in [-0.39, 0.29) is 6.03 Å². The highest BCUT2D eigenvalue weighted by molar-refractivity contribution is 5.74. The van der Waals surface area contributed by atoms with E-state index in [0.29, 0.717) is 26.2 Å². The zero-order chi connectivity index (χ0) is 17.2. The van der Waals surface area contributed by atoms with Crippen molar-refractivity contribution in [1.29, 1.82) is 0 Å². The summed E-state index contributed by atoms with van der Waals surface area (Å²) in [6.45, 7) is 2.31. The monoisotopic (exact) mass is 330 g/mol. The lowest BCUT2D eigenvalue weighted by Gasteiger charge is -2.22. The predicted octanol–water partition coefficient (Wildman–Crippen LogP) is 2.21. The van der Waals surface area contributed by atoms with E-state index in [1.807, 2.05) is 36.3 Å². The molecule has 24 heavy (non-hydrogen) atoms. The second-order valence-electron chi connectivity index (χ2n) is 5.75. The van der Waals surface area contributed by atoms with Gasteiger partial charge in [-0.2, -0.15) is 5.10 Å². The molecule has 2 aromatic rings. The van der Waals surface area contributed by atoms with E-state index in [4.69, 9.17) is 4.74 Å². The summed E-state index contributed by atoms with van der Waals surface area (Å²) >= 11 is 0. The van der Waals surface area contributed by atoms with E-state index in [9.17, 15) is 4.79 Å². The van der Waals surface area contributed by atoms with Gasteiger partial charge in [0.05, 0.1) is 12.8 Å². The molecule has 6 heteroatoms. The summed E-state index contributed by atoms with van der Waals surface area (Å²) in [5.41, 5.74) is 2.28. The van der Waals surface area contributed by atoms with Gasteiger partial charge in [-0.05, 0) is 18.4 Å². The second-order valence-corrected chi connectivity index (χ2v) is 5.75. The number of aromatic nitrogens is 2. The van der Waals surface area contributed by atoms with Crippen LogP contribution in [0.4, 0.5) is 4.79 Å². The van der Waals surface area contributed by atoms with Gasteiger partial charge < -0.3 is 15.0 Å². The molecule has 1 aromatic carbocycles. The average molecular weight is 330 g/mol. The number of hydrogen-bond donors (Lipinski definition) is 1. The maximum absolute atomic E-state index is 12.4. The van der Waals surface area contributed by atoms with Crippen molar-refractivity contribution >= 4 is 6.03 Å². The van der Waals surface area contributed by atoms with Gasteiger partial charge in [0, 0.05) is 45.6 Å². The van der Waals surface area contributed by atoms with E-state index >= 15 is 0 Å². The van der Waals surface area contributed by atoms with Crippen molar-refractivity contribution in [3.8, 4) is 0 Å². The largest absolute Gasteiger partial charge is 0.383 e. The van der Waals surface area contributed by atoms with Crippen LogP contribution < -0.4 is 5.32 Å². The van der Waals surface area contributed by atoms with Crippen molar-refractivity contribution in [1.82, 2.24) is 20.0 Å². The Morgan fingerprint density at radius 1 is 1.25 bits per heavy atom. The molecule has 0 unspecified atom stereocenters. The number of nitrogens with zero attached hydrogens (tertiary/aromatic N) is 3. The van der Waals surface area contributed by atoms with Gasteiger partial charge >= 0.3 is 6.03 Å². The Balaban J connectivity index is 1.80. The minimum Gasteiger partial charge on any atom is -0.383 e. The number of aryl methyl sites for hydroxylation is 2. The number of amides is 2. The molecule has 0 aliphatic rings. The van der Waals surface area contributed by atoms with Crippen molar-refractivity contribution in [3.05, 3.63) is 53.9 Å². The minimum atomic E-state index is -0.0658. The molecule has 0 fully saturated rings. The van der Waals surface area contributed by atoms with Gasteiger partial charge in [0.15, 0.2) is 0 Å². The average Bonchev–Trinajstić information content (AvgIpc) is 3.02. The van der Waals surface area contributed by atoms with E-state index in [1.165, 1.54) is 5.56 Å². The normalized spacial score (nSPS) is 10.6. The maximum atomic E-state index is 12.4. The van der Waals surface area contributed by atoms with Crippen molar-refractivity contribution < 1.29 is 9.53 Å². The first-order chi connectivity index (χ1) is 11.7. The lowest BCUT2D eigenvalue weighted by molar-refractivity contribution is 0.148. The summed E-state index contributed by atoms with van der Waals surface area (Å²) in [7, 11) is 3.51. The first kappa shape index (κ1) is 18.0. The molecule has 130 valence electrons. The van der Waals surface area contributed by atoms with Crippen LogP contribution in [0.2, 0.25) is 0 Å². The van der Waals surface area contributed by atoms with Crippen LogP contribution in [0.25, 0.3) is 0 Å². The van der Waals surface area contributed by atoms with Crippen LogP contribution in [0.5, 0.6) is 0 Å². The molecular formula is C18H26N4O2. The topological polar surface area (TPSA) is 59.4 Å². The predicted molar refractivity (Wildman–Crippen MR) is 93.7 cm³/mol. The van der Waals surface area contributed by atoms with Crippen LogP contribution in [-0.2, 0) is 24.8 Å². The fraction of sp³-hybridized carbons (Fsp3) is 0.444. The Bertz CT molecular complexity index is 612. The molecular weight excluding hydrogens is 304 g/mol. The first-order valence-electron chi connectivity index (χ1n) is 8.22. The number of methoxy groups -OCH3 is 1. The number of nitrogens with one attached hydrogen (secondary N) is 1. The summed E-state index contributed by atoms with van der Waals surface area (Å²) in [6, 6.07) is 10.3. The number of urea groups is 1. The number of benzene rings is 1. The first-order valence-corrected chi connectivity index (χ1v) is 8.22. The zero-order valence-electron chi connectivity index (χ0n) is 14.4. The highest BCUT2D eigenvalue weighted by atomic mass is 16.5. The summed E-state index contributed by atoms with van der Waals surface area (Å²) in [5.74, 6) is 0. The fourth-order valence-electron chi connectivity index (χ4n) is 2.49. The van der Waals surface area contributed by atoms with Crippen LogP contribution in [0.15, 0.2) is 42.7 Å². The van der Waals surface area contributed by atoms with Crippen LogP contribution in [0.3, 0.4) is 0 Å². The van der Waals surface area contributed by atoms with Crippen LogP contribution in [0.1, 0.15) is 17.5 Å². The maximum Gasteiger partial charge on any atom is 0.317 e. The van der Waals surface area contributed by atoms with Crippen LogP contribution in [0, 0.1) is 0 Å². The van der Waals surface area contributed by atoms with Crippen LogP contribution in [-0.4, -0.2) is 47.5 Å². The highest BCUT2D eigenvalue weighted by Gasteiger charge is 2.13. The molecule has 0 spiro atoms. The number of ether oxygens (including phenoxy) is 1. The molecule has 1 heterocycles. The minimum absolute atomic E-state index is 0.0658. The zero-order valence-corrected chi connectivity index (χ0v) is 14.4. The molecule has 0 bridgehead atoms. The Labute approximate surface area is 143 Å². The lowest BCUT2D eigenvalue weighted by atomic mass is 10.1. The third-order valence-corrected chi connectivity index (χ3v) is 3.79. The SMILES string of the molecule is COCCN(CCCc1ccccc1)C(=O)NCc1cnn(C)c1. The lowest BCUT2D eigenvalue weighted by Crippen LogP contribution is -2.42. The Kier molecular flexibility index (Phi) is 7.29. The number of hydrogen-bond acceptors (Lipinski definition) is 3. The smallest absolute Gasteiger partial charge is 0.317 e. The van der Waals surface area contributed by atoms with Crippen molar-refractivity contribution in [2.45, 2.75) is 19.4 Å². The number of carbonyl (C=O) groups excluding carboxylic acids is 1. The van der Waals surface area contributed by atoms with Gasteiger partial charge in [0.25, 0.3) is 0 Å². The van der Waals surface area contributed by atoms with Crippen molar-refractivity contribution in [2.24, 2.45) is 7.05 Å².